The zero-order valence-corrected chi connectivity index (χ0v) is 8.10. The molecule has 1 unspecified atom stereocenters. The van der Waals surface area contributed by atoms with E-state index in [4.69, 9.17) is 4.74 Å². The Kier molecular flexibility index (Phi) is 1.88. The second-order valence-electron chi connectivity index (χ2n) is 3.28. The predicted molar refractivity (Wildman–Crippen MR) is 48.4 cm³/mol. The lowest BCUT2D eigenvalue weighted by molar-refractivity contribution is 0.288. The van der Waals surface area contributed by atoms with Crippen LogP contribution in [0.2, 0.25) is 0 Å². The summed E-state index contributed by atoms with van der Waals surface area (Å²) in [6, 6.07) is 0. The first-order valence-electron chi connectivity index (χ1n) is 3.93. The summed E-state index contributed by atoms with van der Waals surface area (Å²) in [6.45, 7) is 3.92. The van der Waals surface area contributed by atoms with Crippen molar-refractivity contribution in [1.29, 1.82) is 0 Å². The quantitative estimate of drug-likeness (QED) is 0.525. The molecule has 2 heterocycles. The molecule has 66 valence electrons. The van der Waals surface area contributed by atoms with Gasteiger partial charge in [-0.05, 0) is 13.2 Å². The molecule has 2 rings (SSSR count). The van der Waals surface area contributed by atoms with Gasteiger partial charge in [0.05, 0.1) is 13.2 Å². The van der Waals surface area contributed by atoms with E-state index >= 15 is 0 Å². The van der Waals surface area contributed by atoms with Gasteiger partial charge in [-0.1, -0.05) is 11.8 Å². The number of thioether (sulfide) groups is 1. The molecule has 1 aromatic heterocycles. The fourth-order valence-corrected chi connectivity index (χ4v) is 1.71. The number of hydrogen-bond acceptors (Lipinski definition) is 3. The van der Waals surface area contributed by atoms with Gasteiger partial charge >= 0.3 is 0 Å². The molecule has 1 aliphatic heterocycles. The van der Waals surface area contributed by atoms with E-state index in [1.165, 1.54) is 0 Å². The average Bonchev–Trinajstić information content (AvgIpc) is 2.64. The number of nitrogens with zero attached hydrogens (tertiary/aromatic N) is 2. The molecule has 0 radical (unpaired) electrons. The first-order chi connectivity index (χ1) is 5.73. The Morgan fingerprint density at radius 3 is 3.17 bits per heavy atom. The Labute approximate surface area is 76.1 Å². The van der Waals surface area contributed by atoms with Crippen LogP contribution in [0.4, 0.5) is 0 Å². The summed E-state index contributed by atoms with van der Waals surface area (Å²) < 4.78 is 7.45. The number of ether oxygens (including phenoxy) is 1. The average molecular weight is 184 g/mol. The summed E-state index contributed by atoms with van der Waals surface area (Å²) in [6.07, 6.45) is 5.87. The van der Waals surface area contributed by atoms with Crippen LogP contribution in [0.25, 0.3) is 0 Å². The van der Waals surface area contributed by atoms with Gasteiger partial charge in [0.25, 0.3) is 0 Å². The van der Waals surface area contributed by atoms with E-state index in [2.05, 4.69) is 16.5 Å². The first kappa shape index (κ1) is 8.13. The highest BCUT2D eigenvalue weighted by Crippen LogP contribution is 2.29. The standard InChI is InChI=1S/C8H12N2OS/c1-8(6-11-8)5-10-4-3-9-7(10)12-2/h3-4H,5-6H2,1-2H3. The topological polar surface area (TPSA) is 30.4 Å². The Balaban J connectivity index is 2.11. The van der Waals surface area contributed by atoms with Crippen molar-refractivity contribution in [2.45, 2.75) is 24.2 Å². The highest BCUT2D eigenvalue weighted by Gasteiger charge is 2.39. The monoisotopic (exact) mass is 184 g/mol. The molecular formula is C8H12N2OS. The van der Waals surface area contributed by atoms with Crippen molar-refractivity contribution in [3.05, 3.63) is 12.4 Å². The molecule has 0 N–H and O–H groups in total. The van der Waals surface area contributed by atoms with Crippen molar-refractivity contribution in [2.75, 3.05) is 12.9 Å². The fraction of sp³-hybridized carbons (Fsp3) is 0.625. The second-order valence-corrected chi connectivity index (χ2v) is 4.05. The third-order valence-corrected chi connectivity index (χ3v) is 2.71. The Hall–Kier alpha value is -0.480. The minimum absolute atomic E-state index is 0.0746. The van der Waals surface area contributed by atoms with Crippen LogP contribution >= 0.6 is 11.8 Å². The first-order valence-corrected chi connectivity index (χ1v) is 5.15. The fourth-order valence-electron chi connectivity index (χ4n) is 1.18. The molecule has 0 saturated carbocycles. The molecule has 1 fully saturated rings. The summed E-state index contributed by atoms with van der Waals surface area (Å²) in [7, 11) is 0. The van der Waals surface area contributed by atoms with Gasteiger partial charge in [0.15, 0.2) is 5.16 Å². The summed E-state index contributed by atoms with van der Waals surface area (Å²) in [5.74, 6) is 0. The van der Waals surface area contributed by atoms with Crippen molar-refractivity contribution in [3.63, 3.8) is 0 Å². The van der Waals surface area contributed by atoms with E-state index in [0.717, 1.165) is 18.3 Å². The van der Waals surface area contributed by atoms with Gasteiger partial charge < -0.3 is 9.30 Å². The third-order valence-electron chi connectivity index (χ3n) is 2.00. The van der Waals surface area contributed by atoms with E-state index in [1.54, 1.807) is 11.8 Å². The number of aromatic nitrogens is 2. The largest absolute Gasteiger partial charge is 0.368 e. The lowest BCUT2D eigenvalue weighted by atomic mass is 10.2. The van der Waals surface area contributed by atoms with Crippen LogP contribution in [0.5, 0.6) is 0 Å². The summed E-state index contributed by atoms with van der Waals surface area (Å²) >= 11 is 1.67. The van der Waals surface area contributed by atoms with Gasteiger partial charge in [0.1, 0.15) is 5.60 Å². The van der Waals surface area contributed by atoms with Crippen LogP contribution in [0.3, 0.4) is 0 Å². The molecule has 1 saturated heterocycles. The second kappa shape index (κ2) is 2.78. The van der Waals surface area contributed by atoms with Crippen LogP contribution in [0.1, 0.15) is 6.92 Å². The molecule has 12 heavy (non-hydrogen) atoms. The number of epoxide rings is 1. The normalized spacial score (nSPS) is 27.5. The predicted octanol–water partition coefficient (Wildman–Crippen LogP) is 1.39. The zero-order chi connectivity index (χ0) is 8.60. The van der Waals surface area contributed by atoms with Gasteiger partial charge in [-0.25, -0.2) is 4.98 Å². The maximum atomic E-state index is 5.31. The maximum Gasteiger partial charge on any atom is 0.167 e. The molecule has 0 amide bonds. The van der Waals surface area contributed by atoms with Crippen molar-refractivity contribution in [3.8, 4) is 0 Å². The van der Waals surface area contributed by atoms with E-state index in [0.29, 0.717) is 0 Å². The number of rotatable bonds is 3. The van der Waals surface area contributed by atoms with Gasteiger partial charge in [-0.3, -0.25) is 0 Å². The lowest BCUT2D eigenvalue weighted by Crippen LogP contribution is -2.15. The molecule has 0 spiro atoms. The summed E-state index contributed by atoms with van der Waals surface area (Å²) in [5.41, 5.74) is 0.0746. The molecule has 1 aromatic rings. The molecule has 4 heteroatoms. The highest BCUT2D eigenvalue weighted by molar-refractivity contribution is 7.98. The molecule has 1 atom stereocenters. The van der Waals surface area contributed by atoms with Gasteiger partial charge in [-0.15, -0.1) is 0 Å². The van der Waals surface area contributed by atoms with Crippen molar-refractivity contribution < 1.29 is 4.74 Å². The Bertz CT molecular complexity index is 280. The smallest absolute Gasteiger partial charge is 0.167 e. The molecule has 1 aliphatic rings. The van der Waals surface area contributed by atoms with Crippen molar-refractivity contribution in [1.82, 2.24) is 9.55 Å². The molecule has 0 aromatic carbocycles. The van der Waals surface area contributed by atoms with Crippen molar-refractivity contribution >= 4 is 11.8 Å². The van der Waals surface area contributed by atoms with Crippen LogP contribution in [0, 0.1) is 0 Å². The third kappa shape index (κ3) is 1.49. The summed E-state index contributed by atoms with van der Waals surface area (Å²) in [5, 5.41) is 1.06. The minimum Gasteiger partial charge on any atom is -0.368 e. The van der Waals surface area contributed by atoms with Gasteiger partial charge in [0.2, 0.25) is 0 Å². The molecule has 0 bridgehead atoms. The van der Waals surface area contributed by atoms with Gasteiger partial charge in [-0.2, -0.15) is 0 Å². The van der Waals surface area contributed by atoms with E-state index in [-0.39, 0.29) is 5.60 Å². The van der Waals surface area contributed by atoms with Crippen molar-refractivity contribution in [2.24, 2.45) is 0 Å². The molecular weight excluding hydrogens is 172 g/mol. The SMILES string of the molecule is CSc1nccn1CC1(C)CO1. The van der Waals surface area contributed by atoms with Crippen LogP contribution in [-0.4, -0.2) is 28.0 Å². The van der Waals surface area contributed by atoms with E-state index in [1.807, 2.05) is 18.6 Å². The lowest BCUT2D eigenvalue weighted by Gasteiger charge is -2.08. The van der Waals surface area contributed by atoms with Gasteiger partial charge in [0, 0.05) is 12.4 Å². The zero-order valence-electron chi connectivity index (χ0n) is 7.28. The molecule has 3 nitrogen and oxygen atoms in total. The summed E-state index contributed by atoms with van der Waals surface area (Å²) in [4.78, 5) is 4.22. The van der Waals surface area contributed by atoms with E-state index in [9.17, 15) is 0 Å². The number of imidazole rings is 1. The number of hydrogen-bond donors (Lipinski definition) is 0. The van der Waals surface area contributed by atoms with Crippen LogP contribution in [-0.2, 0) is 11.3 Å². The maximum absolute atomic E-state index is 5.31. The van der Waals surface area contributed by atoms with Crippen LogP contribution < -0.4 is 0 Å². The van der Waals surface area contributed by atoms with E-state index < -0.39 is 0 Å². The Morgan fingerprint density at radius 1 is 1.83 bits per heavy atom. The van der Waals surface area contributed by atoms with Crippen LogP contribution in [0.15, 0.2) is 17.6 Å². The Morgan fingerprint density at radius 2 is 2.58 bits per heavy atom. The minimum atomic E-state index is 0.0746. The molecule has 0 aliphatic carbocycles. The highest BCUT2D eigenvalue weighted by atomic mass is 32.2.